The molecule has 2 amide bonds. The van der Waals surface area contributed by atoms with Gasteiger partial charge >= 0.3 is 0 Å². The lowest BCUT2D eigenvalue weighted by atomic mass is 9.95. The van der Waals surface area contributed by atoms with E-state index in [1.807, 2.05) is 12.1 Å². The Morgan fingerprint density at radius 2 is 1.81 bits per heavy atom. The zero-order valence-corrected chi connectivity index (χ0v) is 16.8. The van der Waals surface area contributed by atoms with Crippen LogP contribution in [0.15, 0.2) is 30.3 Å². The van der Waals surface area contributed by atoms with Crippen LogP contribution in [0.1, 0.15) is 46.1 Å². The third-order valence-corrected chi connectivity index (χ3v) is 4.72. The number of nitrogens with one attached hydrogen (secondary N) is 1. The van der Waals surface area contributed by atoms with E-state index in [2.05, 4.69) is 33.0 Å². The van der Waals surface area contributed by atoms with Gasteiger partial charge in [-0.3, -0.25) is 9.59 Å². The topological polar surface area (TPSA) is 49.4 Å². The van der Waals surface area contributed by atoms with Crippen molar-refractivity contribution in [3.63, 3.8) is 0 Å². The minimum absolute atomic E-state index is 0.0128. The Kier molecular flexibility index (Phi) is 7.27. The van der Waals surface area contributed by atoms with E-state index < -0.39 is 6.04 Å². The minimum Gasteiger partial charge on any atom is -0.350 e. The Morgan fingerprint density at radius 3 is 2.38 bits per heavy atom. The summed E-state index contributed by atoms with van der Waals surface area (Å²) in [6, 6.07) is 6.92. The molecule has 1 fully saturated rings. The van der Waals surface area contributed by atoms with Crippen LogP contribution in [0.25, 0.3) is 6.08 Å². The van der Waals surface area contributed by atoms with Crippen LogP contribution in [-0.4, -0.2) is 35.3 Å². The summed E-state index contributed by atoms with van der Waals surface area (Å²) in [6.07, 6.45) is 4.86. The average molecular weight is 377 g/mol. The first-order chi connectivity index (χ1) is 12.3. The molecule has 4 nitrogen and oxygen atoms in total. The van der Waals surface area contributed by atoms with Gasteiger partial charge in [0.1, 0.15) is 6.04 Å². The molecule has 0 unspecified atom stereocenters. The van der Waals surface area contributed by atoms with E-state index in [1.54, 1.807) is 29.2 Å². The lowest BCUT2D eigenvalue weighted by Gasteiger charge is -2.40. The molecule has 0 radical (unpaired) electrons. The van der Waals surface area contributed by atoms with Crippen LogP contribution >= 0.6 is 11.6 Å². The molecule has 5 heteroatoms. The fourth-order valence-corrected chi connectivity index (χ4v) is 3.44. The Bertz CT molecular complexity index is 652. The van der Waals surface area contributed by atoms with E-state index in [-0.39, 0.29) is 17.9 Å². The van der Waals surface area contributed by atoms with Crippen molar-refractivity contribution < 1.29 is 9.59 Å². The number of carbonyl (C=O) groups excluding carboxylic acids is 2. The van der Waals surface area contributed by atoms with E-state index in [4.69, 9.17) is 11.6 Å². The molecule has 0 bridgehead atoms. The molecule has 1 saturated heterocycles. The van der Waals surface area contributed by atoms with Crippen molar-refractivity contribution in [3.8, 4) is 0 Å². The molecule has 26 heavy (non-hydrogen) atoms. The van der Waals surface area contributed by atoms with Gasteiger partial charge in [-0.2, -0.15) is 0 Å². The zero-order chi connectivity index (χ0) is 19.3. The van der Waals surface area contributed by atoms with Gasteiger partial charge < -0.3 is 10.2 Å². The summed E-state index contributed by atoms with van der Waals surface area (Å²) >= 11 is 5.89. The van der Waals surface area contributed by atoms with Gasteiger partial charge in [-0.15, -0.1) is 0 Å². The maximum Gasteiger partial charge on any atom is 0.247 e. The number of piperazine rings is 1. The highest BCUT2D eigenvalue weighted by molar-refractivity contribution is 6.30. The van der Waals surface area contributed by atoms with Crippen LogP contribution in [-0.2, 0) is 9.59 Å². The van der Waals surface area contributed by atoms with Crippen LogP contribution in [0.2, 0.25) is 5.02 Å². The fraction of sp³-hybridized carbons (Fsp3) is 0.524. The van der Waals surface area contributed by atoms with Gasteiger partial charge in [0.15, 0.2) is 0 Å². The van der Waals surface area contributed by atoms with E-state index in [0.29, 0.717) is 29.8 Å². The van der Waals surface area contributed by atoms with Crippen molar-refractivity contribution in [1.29, 1.82) is 0 Å². The quantitative estimate of drug-likeness (QED) is 0.758. The highest BCUT2D eigenvalue weighted by Gasteiger charge is 2.36. The molecule has 0 aromatic heterocycles. The first kappa shape index (κ1) is 20.5. The molecule has 0 aliphatic carbocycles. The van der Waals surface area contributed by atoms with Gasteiger partial charge in [0, 0.05) is 23.7 Å². The number of carbonyl (C=O) groups is 2. The molecular formula is C21H29ClN2O2. The Hall–Kier alpha value is -1.81. The molecule has 2 atom stereocenters. The van der Waals surface area contributed by atoms with Crippen LogP contribution in [0.5, 0.6) is 0 Å². The zero-order valence-electron chi connectivity index (χ0n) is 16.0. The summed E-state index contributed by atoms with van der Waals surface area (Å²) < 4.78 is 0. The molecule has 0 saturated carbocycles. The monoisotopic (exact) mass is 376 g/mol. The molecule has 1 aromatic carbocycles. The molecule has 1 N–H and O–H groups in total. The van der Waals surface area contributed by atoms with Crippen molar-refractivity contribution in [1.82, 2.24) is 10.2 Å². The molecule has 1 aliphatic heterocycles. The molecule has 1 aliphatic rings. The maximum atomic E-state index is 12.8. The molecule has 2 rings (SSSR count). The number of nitrogens with zero attached hydrogens (tertiary/aromatic N) is 1. The second-order valence-electron chi connectivity index (χ2n) is 7.86. The summed E-state index contributed by atoms with van der Waals surface area (Å²) in [5, 5.41) is 3.76. The van der Waals surface area contributed by atoms with E-state index in [9.17, 15) is 9.59 Å². The number of benzene rings is 1. The number of rotatable bonds is 6. The third-order valence-electron chi connectivity index (χ3n) is 4.46. The highest BCUT2D eigenvalue weighted by atomic mass is 35.5. The molecule has 1 aromatic rings. The van der Waals surface area contributed by atoms with Crippen molar-refractivity contribution >= 4 is 29.5 Å². The first-order valence-corrected chi connectivity index (χ1v) is 9.68. The van der Waals surface area contributed by atoms with Crippen molar-refractivity contribution in [2.24, 2.45) is 11.8 Å². The van der Waals surface area contributed by atoms with Gasteiger partial charge in [0.2, 0.25) is 11.8 Å². The number of halogens is 1. The molecule has 0 spiro atoms. The van der Waals surface area contributed by atoms with Gasteiger partial charge in [-0.05, 0) is 48.4 Å². The summed E-state index contributed by atoms with van der Waals surface area (Å²) in [5.74, 6) is 0.643. The smallest absolute Gasteiger partial charge is 0.247 e. The summed E-state index contributed by atoms with van der Waals surface area (Å²) in [6.45, 7) is 8.95. The standard InChI is InChI=1S/C21H29ClN2O2/c1-14(2)11-18-13-24(19(12-15(3)4)21(26)23-18)20(25)10-7-16-5-8-17(22)9-6-16/h5-10,14-15,18-19H,11-13H2,1-4H3,(H,23,26)/t18-,19-/m0/s1. The van der Waals surface area contributed by atoms with Crippen molar-refractivity contribution in [3.05, 3.63) is 40.9 Å². The predicted octanol–water partition coefficient (Wildman–Crippen LogP) is 4.14. The summed E-state index contributed by atoms with van der Waals surface area (Å²) in [5.41, 5.74) is 0.906. The Balaban J connectivity index is 2.16. The largest absolute Gasteiger partial charge is 0.350 e. The van der Waals surface area contributed by atoms with E-state index in [0.717, 1.165) is 12.0 Å². The highest BCUT2D eigenvalue weighted by Crippen LogP contribution is 2.20. The van der Waals surface area contributed by atoms with E-state index in [1.165, 1.54) is 0 Å². The van der Waals surface area contributed by atoms with Crippen LogP contribution in [0.4, 0.5) is 0 Å². The predicted molar refractivity (Wildman–Crippen MR) is 107 cm³/mol. The normalized spacial score (nSPS) is 20.9. The third kappa shape index (κ3) is 5.87. The van der Waals surface area contributed by atoms with Gasteiger partial charge in [0.25, 0.3) is 0 Å². The first-order valence-electron chi connectivity index (χ1n) is 9.31. The number of hydrogen-bond donors (Lipinski definition) is 1. The minimum atomic E-state index is -0.402. The second kappa shape index (κ2) is 9.22. The maximum absolute atomic E-state index is 12.8. The summed E-state index contributed by atoms with van der Waals surface area (Å²) in [4.78, 5) is 27.2. The van der Waals surface area contributed by atoms with E-state index >= 15 is 0 Å². The number of hydrogen-bond acceptors (Lipinski definition) is 2. The molecule has 142 valence electrons. The molecule has 1 heterocycles. The van der Waals surface area contributed by atoms with Crippen molar-refractivity contribution in [2.45, 2.75) is 52.6 Å². The van der Waals surface area contributed by atoms with Gasteiger partial charge in [-0.1, -0.05) is 51.4 Å². The Labute approximate surface area is 161 Å². The Morgan fingerprint density at radius 1 is 1.19 bits per heavy atom. The fourth-order valence-electron chi connectivity index (χ4n) is 3.31. The average Bonchev–Trinajstić information content (AvgIpc) is 2.55. The SMILES string of the molecule is CC(C)C[C@H]1CN(C(=O)C=Cc2ccc(Cl)cc2)[C@@H](CC(C)C)C(=O)N1. The summed E-state index contributed by atoms with van der Waals surface area (Å²) in [7, 11) is 0. The van der Waals surface area contributed by atoms with Crippen LogP contribution in [0.3, 0.4) is 0 Å². The number of amides is 2. The van der Waals surface area contributed by atoms with Gasteiger partial charge in [-0.25, -0.2) is 0 Å². The van der Waals surface area contributed by atoms with Crippen molar-refractivity contribution in [2.75, 3.05) is 6.54 Å². The van der Waals surface area contributed by atoms with Crippen LogP contribution < -0.4 is 5.32 Å². The van der Waals surface area contributed by atoms with Gasteiger partial charge in [0.05, 0.1) is 0 Å². The van der Waals surface area contributed by atoms with Crippen LogP contribution in [0, 0.1) is 11.8 Å². The second-order valence-corrected chi connectivity index (χ2v) is 8.29. The lowest BCUT2D eigenvalue weighted by Crippen LogP contribution is -2.61. The molecular weight excluding hydrogens is 348 g/mol. The lowest BCUT2D eigenvalue weighted by molar-refractivity contribution is -0.142.